The van der Waals surface area contributed by atoms with E-state index in [2.05, 4.69) is 25.3 Å². The summed E-state index contributed by atoms with van der Waals surface area (Å²) in [5.41, 5.74) is 1.88. The maximum absolute atomic E-state index is 12.0. The highest BCUT2D eigenvalue weighted by molar-refractivity contribution is 8.00. The predicted octanol–water partition coefficient (Wildman–Crippen LogP) is 3.39. The van der Waals surface area contributed by atoms with Crippen molar-refractivity contribution in [2.24, 2.45) is 0 Å². The van der Waals surface area contributed by atoms with Crippen molar-refractivity contribution in [3.63, 3.8) is 0 Å². The number of amides is 1. The Kier molecular flexibility index (Phi) is 4.47. The zero-order chi connectivity index (χ0) is 15.5. The van der Waals surface area contributed by atoms with Crippen molar-refractivity contribution in [1.82, 2.24) is 19.9 Å². The van der Waals surface area contributed by atoms with Gasteiger partial charge in [-0.15, -0.1) is 0 Å². The van der Waals surface area contributed by atoms with E-state index in [1.165, 1.54) is 18.1 Å². The molecule has 0 unspecified atom stereocenters. The van der Waals surface area contributed by atoms with E-state index >= 15 is 0 Å². The summed E-state index contributed by atoms with van der Waals surface area (Å²) in [6.07, 6.45) is 2.96. The molecule has 2 heterocycles. The fraction of sp³-hybridized carbons (Fsp3) is 0.0769. The number of H-pyrrole nitrogens is 1. The number of carbonyl (C=O) groups excluding carboxylic acids is 1. The van der Waals surface area contributed by atoms with Gasteiger partial charge in [0.1, 0.15) is 16.9 Å². The summed E-state index contributed by atoms with van der Waals surface area (Å²) in [5.74, 6) is 0.0282. The first kappa shape index (κ1) is 15.1. The minimum atomic E-state index is -0.172. The van der Waals surface area contributed by atoms with Gasteiger partial charge in [-0.25, -0.2) is 15.0 Å². The van der Waals surface area contributed by atoms with Crippen LogP contribution in [0.15, 0.2) is 35.9 Å². The number of aromatic amines is 1. The Morgan fingerprint density at radius 2 is 2.09 bits per heavy atom. The predicted molar refractivity (Wildman–Crippen MR) is 87.5 cm³/mol. The van der Waals surface area contributed by atoms with Gasteiger partial charge < -0.3 is 10.3 Å². The number of anilines is 1. The van der Waals surface area contributed by atoms with Gasteiger partial charge in [0.2, 0.25) is 5.91 Å². The molecule has 2 aromatic heterocycles. The number of hydrogen-bond acceptors (Lipinski definition) is 5. The van der Waals surface area contributed by atoms with Gasteiger partial charge in [0.15, 0.2) is 5.65 Å². The van der Waals surface area contributed by atoms with Crippen molar-refractivity contribution < 1.29 is 4.79 Å². The number of aromatic nitrogens is 4. The second-order valence-corrected chi connectivity index (χ2v) is 6.02. The van der Waals surface area contributed by atoms with Crippen LogP contribution in [0.3, 0.4) is 0 Å². The maximum Gasteiger partial charge on any atom is 0.234 e. The quantitative estimate of drug-likeness (QED) is 0.554. The molecule has 0 fully saturated rings. The Balaban J connectivity index is 1.65. The number of nitrogens with zero attached hydrogens (tertiary/aromatic N) is 3. The number of nitrogens with one attached hydrogen (secondary N) is 2. The molecule has 1 aromatic carbocycles. The summed E-state index contributed by atoms with van der Waals surface area (Å²) in [6.45, 7) is 0. The average molecular weight is 354 g/mol. The average Bonchev–Trinajstić information content (AvgIpc) is 2.98. The van der Waals surface area contributed by atoms with E-state index in [-0.39, 0.29) is 11.7 Å². The first-order valence-electron chi connectivity index (χ1n) is 6.15. The molecule has 0 aliphatic heterocycles. The molecule has 112 valence electrons. The number of thioether (sulfide) groups is 1. The number of imidazole rings is 1. The third-order valence-corrected chi connectivity index (χ3v) is 4.46. The maximum atomic E-state index is 12.0. The Labute approximate surface area is 139 Å². The molecular formula is C13H9Cl2N5OS. The third kappa shape index (κ3) is 3.32. The largest absolute Gasteiger partial charge is 0.341 e. The van der Waals surface area contributed by atoms with Crippen molar-refractivity contribution in [1.29, 1.82) is 0 Å². The number of hydrogen-bond donors (Lipinski definition) is 2. The summed E-state index contributed by atoms with van der Waals surface area (Å²) >= 11 is 13.0. The van der Waals surface area contributed by atoms with Gasteiger partial charge in [-0.1, -0.05) is 35.0 Å². The lowest BCUT2D eigenvalue weighted by molar-refractivity contribution is -0.113. The molecule has 3 aromatic rings. The molecule has 9 heteroatoms. The topological polar surface area (TPSA) is 83.6 Å². The van der Waals surface area contributed by atoms with E-state index in [0.29, 0.717) is 26.4 Å². The van der Waals surface area contributed by atoms with Gasteiger partial charge in [-0.2, -0.15) is 0 Å². The number of halogens is 2. The van der Waals surface area contributed by atoms with Crippen molar-refractivity contribution in [3.05, 3.63) is 40.9 Å². The molecule has 1 amide bonds. The molecule has 2 N–H and O–H groups in total. The van der Waals surface area contributed by atoms with Gasteiger partial charge in [0.25, 0.3) is 0 Å². The molecule has 0 aliphatic carbocycles. The SMILES string of the molecule is O=C(CSc1ncnc2nc[nH]c12)Nc1ccc(Cl)c(Cl)c1. The van der Waals surface area contributed by atoms with Crippen LogP contribution in [0.5, 0.6) is 0 Å². The number of benzene rings is 1. The monoisotopic (exact) mass is 353 g/mol. The summed E-state index contributed by atoms with van der Waals surface area (Å²) in [7, 11) is 0. The Bertz CT molecular complexity index is 838. The molecule has 0 radical (unpaired) electrons. The minimum Gasteiger partial charge on any atom is -0.341 e. The van der Waals surface area contributed by atoms with E-state index in [9.17, 15) is 4.79 Å². The van der Waals surface area contributed by atoms with Crippen molar-refractivity contribution in [3.8, 4) is 0 Å². The Hall–Kier alpha value is -1.83. The minimum absolute atomic E-state index is 0.172. The second-order valence-electron chi connectivity index (χ2n) is 4.25. The lowest BCUT2D eigenvalue weighted by Gasteiger charge is -2.06. The van der Waals surface area contributed by atoms with Gasteiger partial charge in [-0.05, 0) is 18.2 Å². The van der Waals surface area contributed by atoms with E-state index in [1.54, 1.807) is 24.5 Å². The van der Waals surface area contributed by atoms with Crippen molar-refractivity contribution in [2.75, 3.05) is 11.1 Å². The first-order chi connectivity index (χ1) is 10.6. The highest BCUT2D eigenvalue weighted by atomic mass is 35.5. The molecule has 22 heavy (non-hydrogen) atoms. The standard InChI is InChI=1S/C13H9Cl2N5OS/c14-8-2-1-7(3-9(8)15)20-10(21)4-22-13-11-12(17-5-16-11)18-6-19-13/h1-3,5-6H,4H2,(H,20,21)(H,16,17,18,19). The van der Waals surface area contributed by atoms with Crippen LogP contribution in [0.25, 0.3) is 11.2 Å². The van der Waals surface area contributed by atoms with Crippen LogP contribution in [0.1, 0.15) is 0 Å². The molecule has 0 spiro atoms. The molecule has 0 saturated heterocycles. The van der Waals surface area contributed by atoms with Gasteiger partial charge in [-0.3, -0.25) is 4.79 Å². The van der Waals surface area contributed by atoms with E-state index in [1.807, 2.05) is 0 Å². The van der Waals surface area contributed by atoms with E-state index in [0.717, 1.165) is 5.52 Å². The Morgan fingerprint density at radius 3 is 2.91 bits per heavy atom. The van der Waals surface area contributed by atoms with E-state index in [4.69, 9.17) is 23.2 Å². The first-order valence-corrected chi connectivity index (χ1v) is 7.89. The van der Waals surface area contributed by atoms with Crippen LogP contribution in [0, 0.1) is 0 Å². The molecule has 0 saturated carbocycles. The third-order valence-electron chi connectivity index (χ3n) is 2.73. The molecule has 0 atom stereocenters. The van der Waals surface area contributed by atoms with Gasteiger partial charge in [0.05, 0.1) is 22.1 Å². The van der Waals surface area contributed by atoms with Crippen LogP contribution < -0.4 is 5.32 Å². The lowest BCUT2D eigenvalue weighted by Crippen LogP contribution is -2.14. The molecule has 0 aliphatic rings. The highest BCUT2D eigenvalue weighted by Crippen LogP contribution is 2.26. The normalized spacial score (nSPS) is 10.8. The zero-order valence-electron chi connectivity index (χ0n) is 11.0. The van der Waals surface area contributed by atoms with Crippen molar-refractivity contribution in [2.45, 2.75) is 5.03 Å². The van der Waals surface area contributed by atoms with Gasteiger partial charge >= 0.3 is 0 Å². The summed E-state index contributed by atoms with van der Waals surface area (Å²) in [4.78, 5) is 27.1. The lowest BCUT2D eigenvalue weighted by atomic mass is 10.3. The number of rotatable bonds is 4. The summed E-state index contributed by atoms with van der Waals surface area (Å²) < 4.78 is 0. The van der Waals surface area contributed by atoms with Crippen molar-refractivity contribution >= 4 is 57.7 Å². The van der Waals surface area contributed by atoms with Crippen LogP contribution in [-0.2, 0) is 4.79 Å². The molecule has 0 bridgehead atoms. The van der Waals surface area contributed by atoms with E-state index < -0.39 is 0 Å². The van der Waals surface area contributed by atoms with Crippen LogP contribution >= 0.6 is 35.0 Å². The van der Waals surface area contributed by atoms with Crippen LogP contribution in [0.4, 0.5) is 5.69 Å². The van der Waals surface area contributed by atoms with Crippen LogP contribution in [0.2, 0.25) is 10.0 Å². The molecular weight excluding hydrogens is 345 g/mol. The van der Waals surface area contributed by atoms with Crippen LogP contribution in [-0.4, -0.2) is 31.6 Å². The van der Waals surface area contributed by atoms with Gasteiger partial charge in [0, 0.05) is 5.69 Å². The fourth-order valence-electron chi connectivity index (χ4n) is 1.76. The number of fused-ring (bicyclic) bond motifs is 1. The zero-order valence-corrected chi connectivity index (χ0v) is 13.3. The highest BCUT2D eigenvalue weighted by Gasteiger charge is 2.10. The summed E-state index contributed by atoms with van der Waals surface area (Å²) in [6, 6.07) is 4.92. The summed E-state index contributed by atoms with van der Waals surface area (Å²) in [5, 5.41) is 4.26. The number of carbonyl (C=O) groups is 1. The second kappa shape index (κ2) is 6.51. The smallest absolute Gasteiger partial charge is 0.234 e. The Morgan fingerprint density at radius 1 is 1.23 bits per heavy atom. The molecule has 6 nitrogen and oxygen atoms in total. The molecule has 3 rings (SSSR count). The fourth-order valence-corrected chi connectivity index (χ4v) is 2.81.